The van der Waals surface area contributed by atoms with Crippen LogP contribution < -0.4 is 5.32 Å². The molecule has 0 radical (unpaired) electrons. The van der Waals surface area contributed by atoms with Crippen LogP contribution in [0.4, 0.5) is 10.2 Å². The SMILES string of the molecule is Fc1ccccc1Cn1nccc1NC(=S)N(Cc1ccccc1)Cc1ccccc1. The molecule has 156 valence electrons. The lowest BCUT2D eigenvalue weighted by atomic mass is 10.2. The lowest BCUT2D eigenvalue weighted by molar-refractivity contribution is 0.412. The summed E-state index contributed by atoms with van der Waals surface area (Å²) in [6.45, 7) is 1.66. The van der Waals surface area contributed by atoms with Crippen LogP contribution in [0.1, 0.15) is 16.7 Å². The zero-order valence-corrected chi connectivity index (χ0v) is 17.8. The van der Waals surface area contributed by atoms with Crippen molar-refractivity contribution >= 4 is 23.1 Å². The van der Waals surface area contributed by atoms with Crippen molar-refractivity contribution in [2.45, 2.75) is 19.6 Å². The van der Waals surface area contributed by atoms with E-state index in [1.807, 2.05) is 48.5 Å². The second-order valence-electron chi connectivity index (χ2n) is 7.22. The number of anilines is 1. The van der Waals surface area contributed by atoms with Crippen LogP contribution in [0, 0.1) is 5.82 Å². The van der Waals surface area contributed by atoms with Gasteiger partial charge < -0.3 is 10.2 Å². The second-order valence-corrected chi connectivity index (χ2v) is 7.61. The summed E-state index contributed by atoms with van der Waals surface area (Å²) in [6.07, 6.45) is 1.69. The highest BCUT2D eigenvalue weighted by Crippen LogP contribution is 2.16. The highest BCUT2D eigenvalue weighted by atomic mass is 32.1. The largest absolute Gasteiger partial charge is 0.340 e. The monoisotopic (exact) mass is 430 g/mol. The van der Waals surface area contributed by atoms with Crippen molar-refractivity contribution in [3.05, 3.63) is 120 Å². The summed E-state index contributed by atoms with van der Waals surface area (Å²) in [7, 11) is 0. The first kappa shape index (κ1) is 20.8. The Morgan fingerprint density at radius 2 is 1.42 bits per heavy atom. The molecule has 4 aromatic rings. The van der Waals surface area contributed by atoms with E-state index >= 15 is 0 Å². The minimum atomic E-state index is -0.249. The van der Waals surface area contributed by atoms with Gasteiger partial charge in [-0.1, -0.05) is 78.9 Å². The number of nitrogens with zero attached hydrogens (tertiary/aromatic N) is 3. The molecule has 0 atom stereocenters. The number of aromatic nitrogens is 2. The Balaban J connectivity index is 1.52. The second kappa shape index (κ2) is 10.00. The summed E-state index contributed by atoms with van der Waals surface area (Å²) < 4.78 is 15.8. The molecule has 1 aromatic heterocycles. The molecule has 0 aliphatic rings. The van der Waals surface area contributed by atoms with E-state index in [4.69, 9.17) is 12.2 Å². The van der Waals surface area contributed by atoms with Gasteiger partial charge in [0.2, 0.25) is 0 Å². The third-order valence-corrected chi connectivity index (χ3v) is 5.31. The van der Waals surface area contributed by atoms with E-state index in [0.717, 1.165) is 5.82 Å². The van der Waals surface area contributed by atoms with Gasteiger partial charge in [-0.05, 0) is 29.4 Å². The van der Waals surface area contributed by atoms with Crippen molar-refractivity contribution in [2.24, 2.45) is 0 Å². The Kier molecular flexibility index (Phi) is 6.69. The van der Waals surface area contributed by atoms with Gasteiger partial charge in [-0.2, -0.15) is 5.10 Å². The topological polar surface area (TPSA) is 33.1 Å². The number of hydrogen-bond donors (Lipinski definition) is 1. The van der Waals surface area contributed by atoms with Crippen LogP contribution in [0.3, 0.4) is 0 Å². The molecule has 0 aliphatic heterocycles. The highest BCUT2D eigenvalue weighted by molar-refractivity contribution is 7.80. The lowest BCUT2D eigenvalue weighted by Crippen LogP contribution is -2.34. The molecule has 0 unspecified atom stereocenters. The first-order valence-corrected chi connectivity index (χ1v) is 10.5. The first-order chi connectivity index (χ1) is 15.2. The fraction of sp³-hybridized carbons (Fsp3) is 0.120. The summed E-state index contributed by atoms with van der Waals surface area (Å²) in [4.78, 5) is 2.11. The minimum Gasteiger partial charge on any atom is -0.340 e. The minimum absolute atomic E-state index is 0.249. The van der Waals surface area contributed by atoms with Crippen molar-refractivity contribution in [1.82, 2.24) is 14.7 Å². The number of thiocarbonyl (C=S) groups is 1. The van der Waals surface area contributed by atoms with Gasteiger partial charge in [0.1, 0.15) is 11.6 Å². The molecular weight excluding hydrogens is 407 g/mol. The fourth-order valence-electron chi connectivity index (χ4n) is 3.35. The smallest absolute Gasteiger partial charge is 0.175 e. The van der Waals surface area contributed by atoms with Gasteiger partial charge in [-0.25, -0.2) is 9.07 Å². The van der Waals surface area contributed by atoms with Gasteiger partial charge in [0.05, 0.1) is 12.7 Å². The standard InChI is InChI=1S/C25H23FN4S/c26-23-14-8-7-13-22(23)19-30-24(15-16-27-30)28-25(31)29(17-20-9-3-1-4-10-20)18-21-11-5-2-6-12-21/h1-16H,17-19H2,(H,28,31). The van der Waals surface area contributed by atoms with Gasteiger partial charge in [0, 0.05) is 24.7 Å². The maximum absolute atomic E-state index is 14.1. The van der Waals surface area contributed by atoms with Crippen molar-refractivity contribution in [1.29, 1.82) is 0 Å². The van der Waals surface area contributed by atoms with E-state index in [9.17, 15) is 4.39 Å². The van der Waals surface area contributed by atoms with E-state index in [2.05, 4.69) is 39.6 Å². The van der Waals surface area contributed by atoms with E-state index in [0.29, 0.717) is 30.3 Å². The van der Waals surface area contributed by atoms with Crippen LogP contribution in [0.2, 0.25) is 0 Å². The molecule has 0 fully saturated rings. The fourth-order valence-corrected chi connectivity index (χ4v) is 3.58. The molecule has 0 spiro atoms. The maximum Gasteiger partial charge on any atom is 0.175 e. The number of hydrogen-bond acceptors (Lipinski definition) is 2. The molecule has 1 heterocycles. The summed E-state index contributed by atoms with van der Waals surface area (Å²) in [5.74, 6) is 0.473. The van der Waals surface area contributed by atoms with Gasteiger partial charge >= 0.3 is 0 Å². The Hall–Kier alpha value is -3.51. The molecule has 0 saturated carbocycles. The number of nitrogens with one attached hydrogen (secondary N) is 1. The van der Waals surface area contributed by atoms with Crippen molar-refractivity contribution < 1.29 is 4.39 Å². The van der Waals surface area contributed by atoms with Gasteiger partial charge in [-0.15, -0.1) is 0 Å². The van der Waals surface area contributed by atoms with Crippen LogP contribution in [-0.2, 0) is 19.6 Å². The van der Waals surface area contributed by atoms with Crippen LogP contribution >= 0.6 is 12.2 Å². The molecule has 6 heteroatoms. The van der Waals surface area contributed by atoms with Crippen molar-refractivity contribution in [3.63, 3.8) is 0 Å². The average molecular weight is 431 g/mol. The summed E-state index contributed by atoms with van der Waals surface area (Å²) in [6, 6.07) is 29.0. The number of benzene rings is 3. The molecule has 0 saturated heterocycles. The predicted octanol–water partition coefficient (Wildman–Crippen LogP) is 5.47. The van der Waals surface area contributed by atoms with Crippen LogP contribution in [0.25, 0.3) is 0 Å². The van der Waals surface area contributed by atoms with Gasteiger partial charge in [0.25, 0.3) is 0 Å². The van der Waals surface area contributed by atoms with E-state index in [-0.39, 0.29) is 5.82 Å². The molecule has 4 rings (SSSR count). The molecule has 31 heavy (non-hydrogen) atoms. The third kappa shape index (κ3) is 5.55. The number of halogens is 1. The molecule has 3 aromatic carbocycles. The van der Waals surface area contributed by atoms with Crippen LogP contribution in [0.5, 0.6) is 0 Å². The van der Waals surface area contributed by atoms with Crippen LogP contribution in [0.15, 0.2) is 97.2 Å². The normalized spacial score (nSPS) is 10.6. The Labute approximate surface area is 187 Å². The molecule has 0 bridgehead atoms. The van der Waals surface area contributed by atoms with E-state index < -0.39 is 0 Å². The predicted molar refractivity (Wildman–Crippen MR) is 126 cm³/mol. The maximum atomic E-state index is 14.1. The quantitative estimate of drug-likeness (QED) is 0.394. The van der Waals surface area contributed by atoms with Crippen LogP contribution in [-0.4, -0.2) is 19.8 Å². The Morgan fingerprint density at radius 3 is 2.03 bits per heavy atom. The molecule has 4 nitrogen and oxygen atoms in total. The molecule has 1 N–H and O–H groups in total. The molecule has 0 amide bonds. The Bertz CT molecular complexity index is 1090. The first-order valence-electron chi connectivity index (χ1n) is 10.1. The van der Waals surface area contributed by atoms with Crippen molar-refractivity contribution in [2.75, 3.05) is 5.32 Å². The zero-order valence-electron chi connectivity index (χ0n) is 17.0. The van der Waals surface area contributed by atoms with E-state index in [1.54, 1.807) is 23.0 Å². The van der Waals surface area contributed by atoms with Gasteiger partial charge in [-0.3, -0.25) is 0 Å². The average Bonchev–Trinajstić information content (AvgIpc) is 3.23. The van der Waals surface area contributed by atoms with Crippen molar-refractivity contribution in [3.8, 4) is 0 Å². The molecule has 0 aliphatic carbocycles. The highest BCUT2D eigenvalue weighted by Gasteiger charge is 2.14. The summed E-state index contributed by atoms with van der Waals surface area (Å²) in [5.41, 5.74) is 2.91. The lowest BCUT2D eigenvalue weighted by Gasteiger charge is -2.26. The van der Waals surface area contributed by atoms with E-state index in [1.165, 1.54) is 17.2 Å². The Morgan fingerprint density at radius 1 is 0.839 bits per heavy atom. The summed E-state index contributed by atoms with van der Waals surface area (Å²) in [5, 5.41) is 8.23. The zero-order chi connectivity index (χ0) is 21.5. The van der Waals surface area contributed by atoms with Gasteiger partial charge in [0.15, 0.2) is 5.11 Å². The number of rotatable bonds is 7. The molecular formula is C25H23FN4S. The summed E-state index contributed by atoms with van der Waals surface area (Å²) >= 11 is 5.77. The third-order valence-electron chi connectivity index (χ3n) is 4.95.